The van der Waals surface area contributed by atoms with Gasteiger partial charge in [-0.3, -0.25) is 0 Å². The molecular weight excluding hydrogens is 436 g/mol. The van der Waals surface area contributed by atoms with E-state index in [-0.39, 0.29) is 5.75 Å². The van der Waals surface area contributed by atoms with Crippen LogP contribution < -0.4 is 4.90 Å². The van der Waals surface area contributed by atoms with Gasteiger partial charge in [0.15, 0.2) is 5.54 Å². The Balaban J connectivity index is 1.91. The molecule has 3 aromatic rings. The maximum Gasteiger partial charge on any atom is 0.328 e. The maximum absolute atomic E-state index is 15.3. The Hall–Kier alpha value is -3.67. The summed E-state index contributed by atoms with van der Waals surface area (Å²) in [6.07, 6.45) is 0.181. The SMILES string of the molecule is CC(C)c1ccc(N2CCc3cc(O)ccc3[C@@]2(c2ccc(/C=C/C(=O)O)cc2)C(F)F)cc1. The fourth-order valence-corrected chi connectivity index (χ4v) is 4.77. The third-order valence-corrected chi connectivity index (χ3v) is 6.49. The van der Waals surface area contributed by atoms with Crippen LogP contribution in [0.5, 0.6) is 5.75 Å². The number of fused-ring (bicyclic) bond motifs is 1. The summed E-state index contributed by atoms with van der Waals surface area (Å²) in [6, 6.07) is 18.9. The monoisotopic (exact) mass is 463 g/mol. The molecule has 0 saturated carbocycles. The van der Waals surface area contributed by atoms with Crippen LogP contribution in [0.15, 0.2) is 72.8 Å². The Labute approximate surface area is 197 Å². The highest BCUT2D eigenvalue weighted by atomic mass is 19.3. The number of carbonyl (C=O) groups is 1. The van der Waals surface area contributed by atoms with Gasteiger partial charge in [-0.15, -0.1) is 0 Å². The van der Waals surface area contributed by atoms with Crippen molar-refractivity contribution in [3.63, 3.8) is 0 Å². The number of halogens is 2. The van der Waals surface area contributed by atoms with E-state index in [2.05, 4.69) is 13.8 Å². The predicted molar refractivity (Wildman–Crippen MR) is 130 cm³/mol. The number of benzene rings is 3. The van der Waals surface area contributed by atoms with Crippen LogP contribution in [-0.4, -0.2) is 29.2 Å². The van der Waals surface area contributed by atoms with Crippen LogP contribution in [-0.2, 0) is 16.8 Å². The molecule has 1 aliphatic heterocycles. The van der Waals surface area contributed by atoms with Gasteiger partial charge in [0.1, 0.15) is 5.75 Å². The second-order valence-corrected chi connectivity index (χ2v) is 8.85. The van der Waals surface area contributed by atoms with Crippen LogP contribution in [0.2, 0.25) is 0 Å². The van der Waals surface area contributed by atoms with Crippen molar-refractivity contribution in [2.45, 2.75) is 38.2 Å². The highest BCUT2D eigenvalue weighted by Crippen LogP contribution is 2.48. The topological polar surface area (TPSA) is 60.8 Å². The van der Waals surface area contributed by atoms with E-state index in [0.717, 1.165) is 11.6 Å². The zero-order chi connectivity index (χ0) is 24.5. The number of carboxylic acids is 1. The summed E-state index contributed by atoms with van der Waals surface area (Å²) in [5.41, 5.74) is 2.19. The maximum atomic E-state index is 15.3. The van der Waals surface area contributed by atoms with Gasteiger partial charge in [-0.2, -0.15) is 0 Å². The van der Waals surface area contributed by atoms with Crippen molar-refractivity contribution in [3.05, 3.63) is 101 Å². The van der Waals surface area contributed by atoms with E-state index in [9.17, 15) is 9.90 Å². The van der Waals surface area contributed by atoms with Gasteiger partial charge in [0.05, 0.1) is 0 Å². The summed E-state index contributed by atoms with van der Waals surface area (Å²) in [7, 11) is 0. The predicted octanol–water partition coefficient (Wildman–Crippen LogP) is 6.18. The molecule has 2 N–H and O–H groups in total. The van der Waals surface area contributed by atoms with Gasteiger partial charge in [-0.25, -0.2) is 13.6 Å². The number of alkyl halides is 2. The first kappa shape index (κ1) is 23.5. The number of phenols is 1. The molecule has 4 nitrogen and oxygen atoms in total. The van der Waals surface area contributed by atoms with Crippen LogP contribution >= 0.6 is 0 Å². The molecule has 3 aromatic carbocycles. The third kappa shape index (κ3) is 4.16. The quantitative estimate of drug-likeness (QED) is 0.428. The molecule has 0 amide bonds. The number of aromatic hydroxyl groups is 1. The van der Waals surface area contributed by atoms with Crippen LogP contribution in [0.3, 0.4) is 0 Å². The average Bonchev–Trinajstić information content (AvgIpc) is 2.82. The van der Waals surface area contributed by atoms with Crippen molar-refractivity contribution in [3.8, 4) is 5.75 Å². The molecule has 0 saturated heterocycles. The van der Waals surface area contributed by atoms with Crippen molar-refractivity contribution < 1.29 is 23.8 Å². The molecule has 0 aliphatic carbocycles. The summed E-state index contributed by atoms with van der Waals surface area (Å²) < 4.78 is 30.7. The van der Waals surface area contributed by atoms with Gasteiger partial charge >= 0.3 is 5.97 Å². The van der Waals surface area contributed by atoms with E-state index in [1.165, 1.54) is 12.1 Å². The largest absolute Gasteiger partial charge is 0.508 e. The lowest BCUT2D eigenvalue weighted by molar-refractivity contribution is -0.131. The Morgan fingerprint density at radius 2 is 1.71 bits per heavy atom. The lowest BCUT2D eigenvalue weighted by Crippen LogP contribution is -2.56. The molecule has 0 bridgehead atoms. The Kier molecular flexibility index (Phi) is 6.42. The highest BCUT2D eigenvalue weighted by Gasteiger charge is 2.51. The minimum atomic E-state index is -2.78. The molecule has 1 heterocycles. The molecule has 1 atom stereocenters. The molecule has 176 valence electrons. The summed E-state index contributed by atoms with van der Waals surface area (Å²) in [5.74, 6) is -0.707. The molecule has 0 fully saturated rings. The second-order valence-electron chi connectivity index (χ2n) is 8.85. The Bertz CT molecular complexity index is 1200. The Morgan fingerprint density at radius 1 is 1.03 bits per heavy atom. The number of hydrogen-bond acceptors (Lipinski definition) is 3. The number of carboxylic acid groups (broad SMARTS) is 1. The first-order chi connectivity index (χ1) is 16.2. The van der Waals surface area contributed by atoms with E-state index < -0.39 is 17.9 Å². The molecule has 6 heteroatoms. The molecule has 1 aliphatic rings. The molecule has 0 aromatic heterocycles. The van der Waals surface area contributed by atoms with E-state index in [1.54, 1.807) is 41.3 Å². The molecule has 0 spiro atoms. The second kappa shape index (κ2) is 9.29. The third-order valence-electron chi connectivity index (χ3n) is 6.49. The van der Waals surface area contributed by atoms with Gasteiger partial charge in [-0.05, 0) is 70.5 Å². The molecule has 34 heavy (non-hydrogen) atoms. The van der Waals surface area contributed by atoms with Crippen molar-refractivity contribution in [1.29, 1.82) is 0 Å². The van der Waals surface area contributed by atoms with Crippen molar-refractivity contribution in [2.24, 2.45) is 0 Å². The highest BCUT2D eigenvalue weighted by molar-refractivity contribution is 5.85. The first-order valence-electron chi connectivity index (χ1n) is 11.2. The van der Waals surface area contributed by atoms with Gasteiger partial charge in [0.25, 0.3) is 6.43 Å². The van der Waals surface area contributed by atoms with E-state index in [4.69, 9.17) is 5.11 Å². The van der Waals surface area contributed by atoms with Crippen molar-refractivity contribution in [2.75, 3.05) is 11.4 Å². The summed E-state index contributed by atoms with van der Waals surface area (Å²) >= 11 is 0. The smallest absolute Gasteiger partial charge is 0.328 e. The van der Waals surface area contributed by atoms with E-state index in [1.807, 2.05) is 24.3 Å². The lowest BCUT2D eigenvalue weighted by atomic mass is 9.75. The molecular formula is C28H27F2NO3. The average molecular weight is 464 g/mol. The van der Waals surface area contributed by atoms with Crippen LogP contribution in [0, 0.1) is 0 Å². The Morgan fingerprint density at radius 3 is 2.29 bits per heavy atom. The zero-order valence-corrected chi connectivity index (χ0v) is 19.1. The number of hydrogen-bond donors (Lipinski definition) is 2. The van der Waals surface area contributed by atoms with Crippen LogP contribution in [0.4, 0.5) is 14.5 Å². The lowest BCUT2D eigenvalue weighted by Gasteiger charge is -2.49. The van der Waals surface area contributed by atoms with Crippen molar-refractivity contribution >= 4 is 17.7 Å². The van der Waals surface area contributed by atoms with Gasteiger partial charge in [0.2, 0.25) is 0 Å². The van der Waals surface area contributed by atoms with Crippen molar-refractivity contribution in [1.82, 2.24) is 0 Å². The number of nitrogens with zero attached hydrogens (tertiary/aromatic N) is 1. The minimum absolute atomic E-state index is 0.0470. The molecule has 4 rings (SSSR count). The summed E-state index contributed by atoms with van der Waals surface area (Å²) in [4.78, 5) is 12.6. The number of phenolic OH excluding ortho intramolecular Hbond substituents is 1. The minimum Gasteiger partial charge on any atom is -0.508 e. The fraction of sp³-hybridized carbons (Fsp3) is 0.250. The first-order valence-corrected chi connectivity index (χ1v) is 11.2. The molecule has 0 unspecified atom stereocenters. The number of aliphatic carboxylic acids is 1. The van der Waals surface area contributed by atoms with E-state index >= 15 is 8.78 Å². The zero-order valence-electron chi connectivity index (χ0n) is 19.1. The van der Waals surface area contributed by atoms with Gasteiger partial charge in [-0.1, -0.05) is 56.3 Å². The van der Waals surface area contributed by atoms with E-state index in [0.29, 0.717) is 46.8 Å². The van der Waals surface area contributed by atoms with Gasteiger partial charge < -0.3 is 15.1 Å². The van der Waals surface area contributed by atoms with Crippen LogP contribution in [0.1, 0.15) is 47.6 Å². The molecule has 0 radical (unpaired) electrons. The normalized spacial score (nSPS) is 18.0. The van der Waals surface area contributed by atoms with Gasteiger partial charge in [0, 0.05) is 18.3 Å². The summed E-state index contributed by atoms with van der Waals surface area (Å²) in [6.45, 7) is 4.52. The number of anilines is 1. The number of rotatable bonds is 6. The van der Waals surface area contributed by atoms with Crippen LogP contribution in [0.25, 0.3) is 6.08 Å². The fourth-order valence-electron chi connectivity index (χ4n) is 4.77. The standard InChI is InChI=1S/C28H27F2NO3/c1-18(2)20-6-10-23(11-7-20)31-16-15-21-17-24(32)12-13-25(21)28(31,27(29)30)22-8-3-19(4-9-22)5-14-26(33)34/h3-14,17-18,27,32H,15-16H2,1-2H3,(H,33,34)/b14-5+/t28-/m0/s1. The summed E-state index contributed by atoms with van der Waals surface area (Å²) in [5, 5.41) is 18.9.